The van der Waals surface area contributed by atoms with Gasteiger partial charge in [-0.3, -0.25) is 4.90 Å². The van der Waals surface area contributed by atoms with Crippen LogP contribution in [0.25, 0.3) is 0 Å². The number of anilines is 1. The van der Waals surface area contributed by atoms with E-state index in [0.717, 1.165) is 25.2 Å². The van der Waals surface area contributed by atoms with Crippen molar-refractivity contribution in [3.8, 4) is 6.07 Å². The summed E-state index contributed by atoms with van der Waals surface area (Å²) in [6, 6.07) is 11.7. The van der Waals surface area contributed by atoms with Gasteiger partial charge in [0.05, 0.1) is 52.5 Å². The molecule has 7 nitrogen and oxygen atoms in total. The van der Waals surface area contributed by atoms with E-state index < -0.39 is 23.7 Å². The molecule has 0 radical (unpaired) electrons. The zero-order chi connectivity index (χ0) is 24.4. The predicted molar refractivity (Wildman–Crippen MR) is 126 cm³/mol. The van der Waals surface area contributed by atoms with Crippen molar-refractivity contribution in [1.29, 1.82) is 5.26 Å². The molecule has 0 fully saturated rings. The summed E-state index contributed by atoms with van der Waals surface area (Å²) >= 11 is 12.6. The van der Waals surface area contributed by atoms with Crippen molar-refractivity contribution in [2.75, 3.05) is 19.1 Å². The topological polar surface area (TPSA) is 106 Å². The maximum absolute atomic E-state index is 14.2. The summed E-state index contributed by atoms with van der Waals surface area (Å²) in [7, 11) is 2.27. The van der Waals surface area contributed by atoms with Crippen molar-refractivity contribution in [2.24, 2.45) is 5.73 Å². The predicted octanol–water partition coefficient (Wildman–Crippen LogP) is 4.90. The Morgan fingerprint density at radius 3 is 2.33 bits per heavy atom. The molecular weight excluding hydrogens is 585 g/mol. The molecule has 1 atom stereocenters. The molecule has 1 unspecified atom stereocenters. The number of nitrogens with two attached hydrogens (primary N) is 1. The number of ether oxygens (including phenoxy) is 2. The molecule has 3 rings (SSSR count). The molecule has 33 heavy (non-hydrogen) atoms. The van der Waals surface area contributed by atoms with Gasteiger partial charge in [0, 0.05) is 4.47 Å². The van der Waals surface area contributed by atoms with E-state index in [1.807, 2.05) is 6.07 Å². The number of halogens is 4. The van der Waals surface area contributed by atoms with Gasteiger partial charge in [0.1, 0.15) is 17.3 Å². The van der Waals surface area contributed by atoms with E-state index in [-0.39, 0.29) is 42.3 Å². The number of nitrogens with zero attached hydrogens (tertiary/aromatic N) is 2. The Labute approximate surface area is 210 Å². The van der Waals surface area contributed by atoms with Gasteiger partial charge in [0.15, 0.2) is 0 Å². The highest BCUT2D eigenvalue weighted by Crippen LogP contribution is 2.48. The van der Waals surface area contributed by atoms with Crippen LogP contribution in [0.5, 0.6) is 0 Å². The molecule has 170 valence electrons. The van der Waals surface area contributed by atoms with Gasteiger partial charge in [-0.25, -0.2) is 14.0 Å². The highest BCUT2D eigenvalue weighted by molar-refractivity contribution is 9.11. The first-order valence-electron chi connectivity index (χ1n) is 9.18. The highest BCUT2D eigenvalue weighted by Gasteiger charge is 2.44. The van der Waals surface area contributed by atoms with Crippen molar-refractivity contribution >= 4 is 61.1 Å². The van der Waals surface area contributed by atoms with Crippen LogP contribution in [0.4, 0.5) is 10.1 Å². The lowest BCUT2D eigenvalue weighted by Gasteiger charge is -2.36. The summed E-state index contributed by atoms with van der Waals surface area (Å²) in [4.78, 5) is 27.2. The smallest absolute Gasteiger partial charge is 0.355 e. The summed E-state index contributed by atoms with van der Waals surface area (Å²) in [6.45, 7) is 0. The van der Waals surface area contributed by atoms with Crippen LogP contribution in [0, 0.1) is 17.1 Å². The van der Waals surface area contributed by atoms with Crippen LogP contribution in [0.3, 0.4) is 0 Å². The average molecular weight is 600 g/mol. The third-order valence-corrected chi connectivity index (χ3v) is 6.90. The number of carbonyl (C=O) groups excluding carboxylic acids is 2. The zero-order valence-corrected chi connectivity index (χ0v) is 21.1. The van der Waals surface area contributed by atoms with Crippen LogP contribution in [0.15, 0.2) is 68.0 Å². The minimum Gasteiger partial charge on any atom is -0.466 e. The molecule has 0 bridgehead atoms. The summed E-state index contributed by atoms with van der Waals surface area (Å²) < 4.78 is 24.3. The Morgan fingerprint density at radius 2 is 1.79 bits per heavy atom. The summed E-state index contributed by atoms with van der Waals surface area (Å²) in [5, 5.41) is 9.74. The van der Waals surface area contributed by atoms with Gasteiger partial charge in [0.25, 0.3) is 0 Å². The number of methoxy groups -OCH3 is 2. The molecule has 1 heterocycles. The highest BCUT2D eigenvalue weighted by atomic mass is 79.9. The van der Waals surface area contributed by atoms with Crippen molar-refractivity contribution in [2.45, 2.75) is 5.92 Å². The fraction of sp³-hybridized carbons (Fsp3) is 0.136. The Morgan fingerprint density at radius 1 is 1.18 bits per heavy atom. The van der Waals surface area contributed by atoms with Gasteiger partial charge >= 0.3 is 11.9 Å². The maximum Gasteiger partial charge on any atom is 0.355 e. The molecule has 2 aromatic carbocycles. The molecule has 0 aromatic heterocycles. The van der Waals surface area contributed by atoms with Crippen molar-refractivity contribution in [3.63, 3.8) is 0 Å². The van der Waals surface area contributed by atoms with Gasteiger partial charge < -0.3 is 15.2 Å². The summed E-state index contributed by atoms with van der Waals surface area (Å²) in [5.74, 6) is -3.77. The number of rotatable bonds is 4. The molecule has 0 aliphatic carbocycles. The second-order valence-electron chi connectivity index (χ2n) is 6.65. The van der Waals surface area contributed by atoms with Crippen LogP contribution in [-0.4, -0.2) is 26.2 Å². The van der Waals surface area contributed by atoms with Gasteiger partial charge in [0.2, 0.25) is 0 Å². The van der Waals surface area contributed by atoms with Crippen LogP contribution >= 0.6 is 43.5 Å². The van der Waals surface area contributed by atoms with Gasteiger partial charge in [-0.1, -0.05) is 41.9 Å². The average Bonchev–Trinajstić information content (AvgIpc) is 2.82. The first-order chi connectivity index (χ1) is 15.7. The van der Waals surface area contributed by atoms with Crippen LogP contribution in [0.2, 0.25) is 5.02 Å². The first kappa shape index (κ1) is 24.8. The number of hydrogen-bond donors (Lipinski definition) is 1. The molecule has 2 N–H and O–H groups in total. The standard InChI is InChI=1S/C22H15Br2ClFN3O4/c1-32-21(30)15-14(10-6-4-3-5-7-10)11(9-27)20(28)29(19(15)22(31)33-2)18-12(23)8-13(26)17(25)16(18)24/h3-8,14H,28H2,1-2H3. The Balaban J connectivity index is 2.50. The van der Waals surface area contributed by atoms with E-state index in [1.165, 1.54) is 0 Å². The molecule has 0 saturated heterocycles. The van der Waals surface area contributed by atoms with Gasteiger partial charge in [-0.2, -0.15) is 5.26 Å². The Bertz CT molecular complexity index is 1260. The number of benzene rings is 2. The number of esters is 2. The number of allylic oxidation sites excluding steroid dienone is 1. The number of nitriles is 1. The van der Waals surface area contributed by atoms with Crippen molar-refractivity contribution < 1.29 is 23.5 Å². The molecule has 2 aromatic rings. The largest absolute Gasteiger partial charge is 0.466 e. The Hall–Kier alpha value is -2.87. The lowest BCUT2D eigenvalue weighted by atomic mass is 9.81. The normalized spacial score (nSPS) is 15.9. The summed E-state index contributed by atoms with van der Waals surface area (Å²) in [5.41, 5.74) is 6.50. The van der Waals surface area contributed by atoms with Crippen LogP contribution in [0.1, 0.15) is 11.5 Å². The van der Waals surface area contributed by atoms with Crippen molar-refractivity contribution in [1.82, 2.24) is 0 Å². The molecule has 0 spiro atoms. The SMILES string of the molecule is COC(=O)C1=C(C(=O)OC)N(c2c(Br)cc(F)c(Cl)c2Br)C(N)=C(C#N)C1c1ccccc1. The van der Waals surface area contributed by atoms with E-state index >= 15 is 0 Å². The van der Waals surface area contributed by atoms with Crippen molar-refractivity contribution in [3.05, 3.63) is 84.4 Å². The maximum atomic E-state index is 14.2. The van der Waals surface area contributed by atoms with E-state index in [1.54, 1.807) is 30.3 Å². The monoisotopic (exact) mass is 597 g/mol. The number of carbonyl (C=O) groups is 2. The lowest BCUT2D eigenvalue weighted by Crippen LogP contribution is -2.41. The van der Waals surface area contributed by atoms with E-state index in [9.17, 15) is 19.2 Å². The first-order valence-corrected chi connectivity index (χ1v) is 11.1. The van der Waals surface area contributed by atoms with Crippen LogP contribution in [-0.2, 0) is 19.1 Å². The molecule has 1 aliphatic rings. The molecular formula is C22H15Br2ClFN3O4. The lowest BCUT2D eigenvalue weighted by molar-refractivity contribution is -0.139. The molecule has 0 saturated carbocycles. The molecule has 0 amide bonds. The third kappa shape index (κ3) is 4.24. The van der Waals surface area contributed by atoms with E-state index in [2.05, 4.69) is 31.9 Å². The fourth-order valence-corrected chi connectivity index (χ4v) is 5.07. The van der Waals surface area contributed by atoms with E-state index in [4.69, 9.17) is 26.8 Å². The van der Waals surface area contributed by atoms with Crippen LogP contribution < -0.4 is 10.6 Å². The van der Waals surface area contributed by atoms with Gasteiger partial charge in [-0.05, 0) is 43.5 Å². The third-order valence-electron chi connectivity index (χ3n) is 4.92. The van der Waals surface area contributed by atoms with E-state index in [0.29, 0.717) is 5.56 Å². The second-order valence-corrected chi connectivity index (χ2v) is 8.68. The number of hydrogen-bond acceptors (Lipinski definition) is 7. The fourth-order valence-electron chi connectivity index (χ4n) is 3.51. The minimum absolute atomic E-state index is 0.0278. The quantitative estimate of drug-likeness (QED) is 0.303. The second kappa shape index (κ2) is 9.95. The molecule has 11 heteroatoms. The zero-order valence-electron chi connectivity index (χ0n) is 17.2. The minimum atomic E-state index is -1.03. The molecule has 1 aliphatic heterocycles. The summed E-state index contributed by atoms with van der Waals surface area (Å²) in [6.07, 6.45) is 0. The Kier molecular flexibility index (Phi) is 7.47. The van der Waals surface area contributed by atoms with Gasteiger partial charge in [-0.15, -0.1) is 0 Å².